The van der Waals surface area contributed by atoms with Gasteiger partial charge in [0.1, 0.15) is 0 Å². The van der Waals surface area contributed by atoms with Crippen LogP contribution in [0.5, 0.6) is 0 Å². The number of aromatic nitrogens is 3. The molecule has 130 valence electrons. The number of hydrogen-bond acceptors (Lipinski definition) is 6. The van der Waals surface area contributed by atoms with E-state index in [0.717, 1.165) is 23.0 Å². The van der Waals surface area contributed by atoms with Gasteiger partial charge < -0.3 is 4.57 Å². The van der Waals surface area contributed by atoms with Crippen LogP contribution in [0.2, 0.25) is 0 Å². The highest BCUT2D eigenvalue weighted by molar-refractivity contribution is 7.99. The molecular weight excluding hydrogens is 364 g/mol. The van der Waals surface area contributed by atoms with Crippen molar-refractivity contribution in [1.29, 1.82) is 0 Å². The summed E-state index contributed by atoms with van der Waals surface area (Å²) in [6, 6.07) is 0. The lowest BCUT2D eigenvalue weighted by Gasteiger charge is -2.17. The summed E-state index contributed by atoms with van der Waals surface area (Å²) in [5.41, 5.74) is 0. The van der Waals surface area contributed by atoms with Crippen LogP contribution >= 0.6 is 23.1 Å². The maximum atomic E-state index is 12.7. The van der Waals surface area contributed by atoms with Crippen LogP contribution in [0.15, 0.2) is 28.0 Å². The number of sulfonamides is 1. The van der Waals surface area contributed by atoms with Crippen molar-refractivity contribution in [3.05, 3.63) is 23.6 Å². The highest BCUT2D eigenvalue weighted by Gasteiger charge is 2.45. The first-order valence-corrected chi connectivity index (χ1v) is 11.1. The van der Waals surface area contributed by atoms with Gasteiger partial charge in [-0.25, -0.2) is 18.4 Å². The van der Waals surface area contributed by atoms with E-state index in [4.69, 9.17) is 0 Å². The van der Waals surface area contributed by atoms with E-state index in [1.807, 2.05) is 42.7 Å². The lowest BCUT2D eigenvalue weighted by Crippen LogP contribution is -2.29. The van der Waals surface area contributed by atoms with Crippen molar-refractivity contribution in [2.24, 2.45) is 18.9 Å². The van der Waals surface area contributed by atoms with Gasteiger partial charge in [0, 0.05) is 37.8 Å². The van der Waals surface area contributed by atoms with Crippen molar-refractivity contribution in [3.8, 4) is 0 Å². The van der Waals surface area contributed by atoms with Crippen molar-refractivity contribution in [2.75, 3.05) is 13.1 Å². The Balaban J connectivity index is 1.42. The first-order chi connectivity index (χ1) is 11.4. The fourth-order valence-corrected chi connectivity index (χ4v) is 7.85. The molecule has 1 aliphatic carbocycles. The van der Waals surface area contributed by atoms with Crippen LogP contribution in [0.3, 0.4) is 0 Å². The molecule has 2 aliphatic rings. The number of nitrogens with zero attached hydrogens (tertiary/aromatic N) is 4. The van der Waals surface area contributed by atoms with Gasteiger partial charge in [-0.15, -0.1) is 11.3 Å². The third kappa shape index (κ3) is 2.91. The highest BCUT2D eigenvalue weighted by atomic mass is 32.2. The van der Waals surface area contributed by atoms with Gasteiger partial charge in [-0.3, -0.25) is 0 Å². The van der Waals surface area contributed by atoms with Crippen LogP contribution in [0.25, 0.3) is 0 Å². The zero-order chi connectivity index (χ0) is 16.9. The van der Waals surface area contributed by atoms with E-state index >= 15 is 0 Å². The molecule has 0 radical (unpaired) electrons. The van der Waals surface area contributed by atoms with Gasteiger partial charge >= 0.3 is 0 Å². The van der Waals surface area contributed by atoms with Gasteiger partial charge in [0.15, 0.2) is 9.37 Å². The Kier molecular flexibility index (Phi) is 4.22. The number of hydrogen-bond donors (Lipinski definition) is 0. The summed E-state index contributed by atoms with van der Waals surface area (Å²) >= 11 is 3.08. The number of fused-ring (bicyclic) bond motifs is 1. The molecule has 3 atom stereocenters. The monoisotopic (exact) mass is 384 g/mol. The molecule has 1 saturated carbocycles. The predicted octanol–water partition coefficient (Wildman–Crippen LogP) is 2.38. The van der Waals surface area contributed by atoms with Crippen molar-refractivity contribution in [1.82, 2.24) is 18.8 Å². The van der Waals surface area contributed by atoms with Crippen LogP contribution in [0.4, 0.5) is 0 Å². The topological polar surface area (TPSA) is 68.1 Å². The van der Waals surface area contributed by atoms with Crippen molar-refractivity contribution in [2.45, 2.75) is 34.4 Å². The second-order valence-electron chi connectivity index (χ2n) is 6.57. The molecule has 1 saturated heterocycles. The quantitative estimate of drug-likeness (QED) is 0.810. The second kappa shape index (κ2) is 6.12. The Bertz CT molecular complexity index is 831. The molecule has 3 heterocycles. The molecule has 2 aromatic rings. The lowest BCUT2D eigenvalue weighted by molar-refractivity contribution is 0.448. The third-order valence-corrected chi connectivity index (χ3v) is 9.42. The molecule has 2 aromatic heterocycles. The molecule has 0 unspecified atom stereocenters. The molecule has 0 aromatic carbocycles. The SMILES string of the molecule is Cc1ncc(S(=O)(=O)N2C[C@H]3C[C@H](Sc4nccn4C)C[C@H]3C2)s1. The maximum absolute atomic E-state index is 12.7. The fourth-order valence-electron chi connectivity index (χ4n) is 3.70. The summed E-state index contributed by atoms with van der Waals surface area (Å²) in [6.07, 6.45) is 7.40. The number of aryl methyl sites for hydroxylation is 2. The van der Waals surface area contributed by atoms with Crippen molar-refractivity contribution >= 4 is 33.1 Å². The average Bonchev–Trinajstić information content (AvgIpc) is 3.25. The highest BCUT2D eigenvalue weighted by Crippen LogP contribution is 2.45. The summed E-state index contributed by atoms with van der Waals surface area (Å²) in [6.45, 7) is 3.12. The van der Waals surface area contributed by atoms with Crippen LogP contribution < -0.4 is 0 Å². The van der Waals surface area contributed by atoms with Gasteiger partial charge in [-0.05, 0) is 31.6 Å². The number of thioether (sulfide) groups is 1. The lowest BCUT2D eigenvalue weighted by atomic mass is 10.0. The van der Waals surface area contributed by atoms with E-state index < -0.39 is 10.0 Å². The van der Waals surface area contributed by atoms with Gasteiger partial charge in [0.05, 0.1) is 11.2 Å². The average molecular weight is 385 g/mol. The molecule has 1 aliphatic heterocycles. The van der Waals surface area contributed by atoms with E-state index in [0.29, 0.717) is 34.4 Å². The van der Waals surface area contributed by atoms with Crippen LogP contribution in [0.1, 0.15) is 17.8 Å². The maximum Gasteiger partial charge on any atom is 0.254 e. The standard InChI is InChI=1S/C15H20N4O2S3/c1-10-17-7-14(22-10)24(20,21)19-8-11-5-13(6-12(11)9-19)23-15-16-3-4-18(15)2/h3-4,7,11-13H,5-6,8-9H2,1-2H3/t11-,12+,13+. The molecule has 0 N–H and O–H groups in total. The van der Waals surface area contributed by atoms with Crippen molar-refractivity contribution < 1.29 is 8.42 Å². The first-order valence-electron chi connectivity index (χ1n) is 8.00. The van der Waals surface area contributed by atoms with E-state index in [1.165, 1.54) is 17.5 Å². The predicted molar refractivity (Wildman–Crippen MR) is 94.7 cm³/mol. The summed E-state index contributed by atoms with van der Waals surface area (Å²) in [5, 5.41) is 2.38. The Morgan fingerprint density at radius 1 is 1.25 bits per heavy atom. The summed E-state index contributed by atoms with van der Waals surface area (Å²) in [5.74, 6) is 0.929. The Morgan fingerprint density at radius 2 is 1.96 bits per heavy atom. The molecule has 2 fully saturated rings. The molecule has 24 heavy (non-hydrogen) atoms. The Hall–Kier alpha value is -0.900. The normalized spacial score (nSPS) is 27.7. The van der Waals surface area contributed by atoms with Gasteiger partial charge in [0.2, 0.25) is 0 Å². The minimum atomic E-state index is -3.37. The minimum absolute atomic E-state index is 0.374. The molecule has 0 spiro atoms. The van der Waals surface area contributed by atoms with Gasteiger partial charge in [-0.1, -0.05) is 11.8 Å². The number of thiazole rings is 1. The molecule has 0 amide bonds. The Labute approximate surface area is 150 Å². The molecule has 6 nitrogen and oxygen atoms in total. The second-order valence-corrected chi connectivity index (χ2v) is 11.2. The number of rotatable bonds is 4. The summed E-state index contributed by atoms with van der Waals surface area (Å²) < 4.78 is 29.6. The van der Waals surface area contributed by atoms with Crippen LogP contribution in [-0.4, -0.2) is 45.6 Å². The van der Waals surface area contributed by atoms with Crippen molar-refractivity contribution in [3.63, 3.8) is 0 Å². The van der Waals surface area contributed by atoms with E-state index in [-0.39, 0.29) is 0 Å². The van der Waals surface area contributed by atoms with Crippen LogP contribution in [0, 0.1) is 18.8 Å². The van der Waals surface area contributed by atoms with Crippen LogP contribution in [-0.2, 0) is 17.1 Å². The molecule has 9 heteroatoms. The third-order valence-electron chi connectivity index (χ3n) is 4.92. The molecule has 4 rings (SSSR count). The summed E-state index contributed by atoms with van der Waals surface area (Å²) in [4.78, 5) is 8.47. The van der Waals surface area contributed by atoms with E-state index in [1.54, 1.807) is 4.31 Å². The molecule has 0 bridgehead atoms. The smallest absolute Gasteiger partial charge is 0.254 e. The van der Waals surface area contributed by atoms with Gasteiger partial charge in [0.25, 0.3) is 10.0 Å². The minimum Gasteiger partial charge on any atom is -0.329 e. The zero-order valence-electron chi connectivity index (χ0n) is 13.6. The Morgan fingerprint density at radius 3 is 2.50 bits per heavy atom. The first kappa shape index (κ1) is 16.6. The largest absolute Gasteiger partial charge is 0.329 e. The zero-order valence-corrected chi connectivity index (χ0v) is 16.1. The van der Waals surface area contributed by atoms with Gasteiger partial charge in [-0.2, -0.15) is 4.31 Å². The van der Waals surface area contributed by atoms with E-state index in [2.05, 4.69) is 9.97 Å². The number of imidazole rings is 1. The summed E-state index contributed by atoms with van der Waals surface area (Å²) in [7, 11) is -1.36. The fraction of sp³-hybridized carbons (Fsp3) is 0.600. The van der Waals surface area contributed by atoms with E-state index in [9.17, 15) is 8.42 Å². The molecular formula is C15H20N4O2S3.